The zero-order chi connectivity index (χ0) is 25.1. The highest BCUT2D eigenvalue weighted by Crippen LogP contribution is 2.32. The Balaban J connectivity index is 1.18. The van der Waals surface area contributed by atoms with Gasteiger partial charge in [-0.25, -0.2) is 14.6 Å². The van der Waals surface area contributed by atoms with Crippen molar-refractivity contribution in [2.75, 3.05) is 25.1 Å². The molecule has 0 saturated heterocycles. The molecule has 0 atom stereocenters. The van der Waals surface area contributed by atoms with E-state index in [2.05, 4.69) is 15.6 Å². The molecule has 5 rings (SSSR count). The summed E-state index contributed by atoms with van der Waals surface area (Å²) in [6, 6.07) is 8.54. The number of hydrogen-bond donors (Lipinski definition) is 2. The number of aryl methyl sites for hydroxylation is 1. The van der Waals surface area contributed by atoms with Gasteiger partial charge in [0, 0.05) is 24.7 Å². The molecular formula is C25H24N4O7. The van der Waals surface area contributed by atoms with Gasteiger partial charge in [-0.15, -0.1) is 0 Å². The fourth-order valence-electron chi connectivity index (χ4n) is 4.21. The number of aromatic nitrogens is 2. The number of ether oxygens (including phenoxy) is 3. The third-order valence-corrected chi connectivity index (χ3v) is 5.94. The Morgan fingerprint density at radius 3 is 2.69 bits per heavy atom. The molecule has 2 aliphatic heterocycles. The number of rotatable bonds is 4. The summed E-state index contributed by atoms with van der Waals surface area (Å²) < 4.78 is 17.6. The Morgan fingerprint density at radius 1 is 1.00 bits per heavy atom. The first-order valence-corrected chi connectivity index (χ1v) is 11.7. The molecule has 3 aromatic rings. The van der Waals surface area contributed by atoms with Gasteiger partial charge in [-0.3, -0.25) is 19.5 Å². The minimum atomic E-state index is -0.805. The smallest absolute Gasteiger partial charge is 0.338 e. The predicted octanol–water partition coefficient (Wildman–Crippen LogP) is 2.40. The van der Waals surface area contributed by atoms with E-state index in [-0.39, 0.29) is 11.1 Å². The number of esters is 1. The summed E-state index contributed by atoms with van der Waals surface area (Å²) >= 11 is 0. The van der Waals surface area contributed by atoms with Crippen LogP contribution in [0, 0.1) is 0 Å². The average Bonchev–Trinajstić information content (AvgIpc) is 3.12. The number of benzene rings is 2. The Morgan fingerprint density at radius 2 is 1.83 bits per heavy atom. The lowest BCUT2D eigenvalue weighted by molar-refractivity contribution is -0.123. The van der Waals surface area contributed by atoms with Gasteiger partial charge in [0.1, 0.15) is 19.0 Å². The first kappa shape index (κ1) is 23.3. The van der Waals surface area contributed by atoms with Crippen molar-refractivity contribution < 1.29 is 28.6 Å². The Hall–Kier alpha value is -4.41. The monoisotopic (exact) mass is 492 g/mol. The number of urea groups is 1. The maximum Gasteiger partial charge on any atom is 0.338 e. The second-order valence-electron chi connectivity index (χ2n) is 8.46. The van der Waals surface area contributed by atoms with Crippen LogP contribution < -0.4 is 25.7 Å². The summed E-state index contributed by atoms with van der Waals surface area (Å²) in [5, 5.41) is 5.03. The molecule has 36 heavy (non-hydrogen) atoms. The Bertz CT molecular complexity index is 1420. The van der Waals surface area contributed by atoms with Gasteiger partial charge in [0.2, 0.25) is 0 Å². The van der Waals surface area contributed by atoms with Crippen LogP contribution in [0.15, 0.2) is 41.2 Å². The second kappa shape index (κ2) is 10.1. The lowest BCUT2D eigenvalue weighted by Crippen LogP contribution is -2.37. The maximum absolute atomic E-state index is 12.8. The molecule has 2 aliphatic rings. The molecule has 2 N–H and O–H groups in total. The summed E-state index contributed by atoms with van der Waals surface area (Å²) in [4.78, 5) is 54.2. The first-order chi connectivity index (χ1) is 17.5. The summed E-state index contributed by atoms with van der Waals surface area (Å²) in [6.07, 6.45) is 3.63. The van der Waals surface area contributed by atoms with Gasteiger partial charge >= 0.3 is 12.0 Å². The number of hydrogen-bond acceptors (Lipinski definition) is 8. The van der Waals surface area contributed by atoms with E-state index in [4.69, 9.17) is 14.2 Å². The van der Waals surface area contributed by atoms with Gasteiger partial charge in [-0.1, -0.05) is 6.42 Å². The van der Waals surface area contributed by atoms with Crippen LogP contribution >= 0.6 is 0 Å². The van der Waals surface area contributed by atoms with E-state index in [1.54, 1.807) is 28.8 Å². The van der Waals surface area contributed by atoms with E-state index in [0.717, 1.165) is 19.3 Å². The molecule has 0 unspecified atom stereocenters. The van der Waals surface area contributed by atoms with Crippen molar-refractivity contribution in [3.8, 4) is 11.5 Å². The van der Waals surface area contributed by atoms with Crippen LogP contribution in [0.2, 0.25) is 0 Å². The van der Waals surface area contributed by atoms with Crippen molar-refractivity contribution in [2.24, 2.45) is 0 Å². The number of carbonyl (C=O) groups is 3. The van der Waals surface area contributed by atoms with Gasteiger partial charge in [0.25, 0.3) is 11.5 Å². The summed E-state index contributed by atoms with van der Waals surface area (Å²) in [5.41, 5.74) is 0.839. The molecule has 0 spiro atoms. The highest BCUT2D eigenvalue weighted by molar-refractivity contribution is 6.02. The van der Waals surface area contributed by atoms with Crippen molar-refractivity contribution in [2.45, 2.75) is 32.2 Å². The molecule has 1 aromatic heterocycles. The molecule has 3 heterocycles. The molecule has 0 bridgehead atoms. The fraction of sp³-hybridized carbons (Fsp3) is 0.320. The second-order valence-corrected chi connectivity index (χ2v) is 8.46. The first-order valence-electron chi connectivity index (χ1n) is 11.7. The van der Waals surface area contributed by atoms with Crippen LogP contribution in [-0.4, -0.2) is 47.3 Å². The van der Waals surface area contributed by atoms with E-state index in [0.29, 0.717) is 60.1 Å². The van der Waals surface area contributed by atoms with E-state index in [9.17, 15) is 19.2 Å². The Kier molecular flexibility index (Phi) is 6.52. The number of anilines is 1. The van der Waals surface area contributed by atoms with Crippen molar-refractivity contribution in [3.63, 3.8) is 0 Å². The normalized spacial score (nSPS) is 14.3. The highest BCUT2D eigenvalue weighted by atomic mass is 16.6. The molecule has 11 heteroatoms. The van der Waals surface area contributed by atoms with Crippen LogP contribution in [0.3, 0.4) is 0 Å². The summed E-state index contributed by atoms with van der Waals surface area (Å²) in [5.74, 6) is 0.193. The number of nitrogens with one attached hydrogen (secondary N) is 2. The minimum Gasteiger partial charge on any atom is -0.486 e. The van der Waals surface area contributed by atoms with Gasteiger partial charge in [0.15, 0.2) is 18.1 Å². The predicted molar refractivity (Wildman–Crippen MR) is 128 cm³/mol. The molecule has 11 nitrogen and oxygen atoms in total. The SMILES string of the molecule is O=C(COC(=O)c1ccc2c(=O)n3c(nc2c1)CCCCC3)NC(=O)Nc1ccc2c(c1)OCCO2. The molecule has 3 amide bonds. The zero-order valence-electron chi connectivity index (χ0n) is 19.4. The third-order valence-electron chi connectivity index (χ3n) is 5.94. The molecular weight excluding hydrogens is 468 g/mol. The number of amides is 3. The molecule has 186 valence electrons. The number of imide groups is 1. The van der Waals surface area contributed by atoms with Crippen LogP contribution in [0.1, 0.15) is 35.4 Å². The van der Waals surface area contributed by atoms with Crippen molar-refractivity contribution in [3.05, 3.63) is 58.1 Å². The van der Waals surface area contributed by atoms with Crippen LogP contribution in [0.25, 0.3) is 10.9 Å². The molecule has 0 aliphatic carbocycles. The lowest BCUT2D eigenvalue weighted by Gasteiger charge is -2.19. The molecule has 2 aromatic carbocycles. The van der Waals surface area contributed by atoms with E-state index in [1.165, 1.54) is 12.1 Å². The topological polar surface area (TPSA) is 138 Å². The largest absolute Gasteiger partial charge is 0.486 e. The van der Waals surface area contributed by atoms with E-state index >= 15 is 0 Å². The zero-order valence-corrected chi connectivity index (χ0v) is 19.4. The number of nitrogens with zero attached hydrogens (tertiary/aromatic N) is 2. The quantitative estimate of drug-likeness (QED) is 0.530. The Labute approximate surface area is 205 Å². The van der Waals surface area contributed by atoms with E-state index in [1.807, 2.05) is 0 Å². The van der Waals surface area contributed by atoms with E-state index < -0.39 is 24.5 Å². The number of carbonyl (C=O) groups excluding carboxylic acids is 3. The van der Waals surface area contributed by atoms with Gasteiger partial charge in [0.05, 0.1) is 16.5 Å². The molecule has 0 fully saturated rings. The lowest BCUT2D eigenvalue weighted by atomic mass is 10.1. The highest BCUT2D eigenvalue weighted by Gasteiger charge is 2.18. The molecule has 0 radical (unpaired) electrons. The minimum absolute atomic E-state index is 0.125. The van der Waals surface area contributed by atoms with Crippen LogP contribution in [0.4, 0.5) is 10.5 Å². The summed E-state index contributed by atoms with van der Waals surface area (Å²) in [7, 11) is 0. The van der Waals surface area contributed by atoms with Crippen LogP contribution in [-0.2, 0) is 22.5 Å². The number of fused-ring (bicyclic) bond motifs is 3. The molecule has 0 saturated carbocycles. The fourth-order valence-corrected chi connectivity index (χ4v) is 4.21. The third kappa shape index (κ3) is 4.99. The maximum atomic E-state index is 12.8. The summed E-state index contributed by atoms with van der Waals surface area (Å²) in [6.45, 7) is 0.826. The van der Waals surface area contributed by atoms with Gasteiger partial charge in [-0.05, 0) is 43.2 Å². The average molecular weight is 492 g/mol. The van der Waals surface area contributed by atoms with Crippen LogP contribution in [0.5, 0.6) is 11.5 Å². The van der Waals surface area contributed by atoms with Crippen molar-refractivity contribution in [1.29, 1.82) is 0 Å². The van der Waals surface area contributed by atoms with Gasteiger partial charge in [-0.2, -0.15) is 0 Å². The standard InChI is InChI=1S/C25H24N4O7/c30-22(28-25(33)26-16-6-8-19-20(13-16)35-11-10-34-19)14-36-24(32)15-5-7-17-18(12-15)27-21-4-2-1-3-9-29(21)23(17)31/h5-8,12-13H,1-4,9-11,14H2,(H2,26,28,30,33). The van der Waals surface area contributed by atoms with Crippen molar-refractivity contribution in [1.82, 2.24) is 14.9 Å². The van der Waals surface area contributed by atoms with Gasteiger partial charge < -0.3 is 19.5 Å². The van der Waals surface area contributed by atoms with Crippen molar-refractivity contribution >= 4 is 34.5 Å².